The van der Waals surface area contributed by atoms with Gasteiger partial charge in [0.25, 0.3) is 0 Å². The van der Waals surface area contributed by atoms with Crippen molar-refractivity contribution in [3.05, 3.63) is 34.2 Å². The maximum absolute atomic E-state index is 11.7. The van der Waals surface area contributed by atoms with E-state index in [4.69, 9.17) is 4.74 Å². The number of ketones is 1. The van der Waals surface area contributed by atoms with E-state index in [9.17, 15) is 9.70 Å². The average Bonchev–Trinajstić information content (AvgIpc) is 2.29. The molecule has 0 spiro atoms. The van der Waals surface area contributed by atoms with E-state index in [0.29, 0.717) is 18.4 Å². The van der Waals surface area contributed by atoms with Gasteiger partial charge in [-0.1, -0.05) is 5.18 Å². The topological polar surface area (TPSA) is 55.7 Å². The third kappa shape index (κ3) is 1.63. The van der Waals surface area contributed by atoms with Crippen LogP contribution in [0.15, 0.2) is 23.4 Å². The molecule has 0 bridgehead atoms. The summed E-state index contributed by atoms with van der Waals surface area (Å²) in [7, 11) is 1.59. The fourth-order valence-electron chi connectivity index (χ4n) is 1.85. The molecule has 4 heteroatoms. The Kier molecular flexibility index (Phi) is 2.49. The van der Waals surface area contributed by atoms with Gasteiger partial charge in [0.05, 0.1) is 7.11 Å². The summed E-state index contributed by atoms with van der Waals surface area (Å²) in [5.41, 5.74) is 1.55. The highest BCUT2D eigenvalue weighted by molar-refractivity contribution is 6.02. The van der Waals surface area contributed by atoms with E-state index >= 15 is 0 Å². The quantitative estimate of drug-likeness (QED) is 0.693. The maximum Gasteiger partial charge on any atom is 0.191 e. The van der Waals surface area contributed by atoms with Crippen LogP contribution in [-0.2, 0) is 6.42 Å². The monoisotopic (exact) mass is 205 g/mol. The number of aryl methyl sites for hydroxylation is 1. The van der Waals surface area contributed by atoms with Crippen LogP contribution in [0, 0.1) is 4.91 Å². The lowest BCUT2D eigenvalue weighted by Gasteiger charge is -2.18. The van der Waals surface area contributed by atoms with Crippen molar-refractivity contribution in [1.82, 2.24) is 0 Å². The molecule has 1 aliphatic carbocycles. The Bertz CT molecular complexity index is 414. The minimum Gasteiger partial charge on any atom is -0.497 e. The number of nitroso groups, excluding NO2 is 1. The Morgan fingerprint density at radius 1 is 1.47 bits per heavy atom. The third-order valence-corrected chi connectivity index (χ3v) is 2.69. The summed E-state index contributed by atoms with van der Waals surface area (Å²) in [6, 6.07) is 4.57. The SMILES string of the molecule is COc1ccc2c(c1)CCC(N=O)C2=O. The van der Waals surface area contributed by atoms with Crippen LogP contribution < -0.4 is 4.74 Å². The molecular weight excluding hydrogens is 194 g/mol. The van der Waals surface area contributed by atoms with Crippen molar-refractivity contribution >= 4 is 5.78 Å². The Balaban J connectivity index is 2.41. The zero-order valence-corrected chi connectivity index (χ0v) is 8.40. The molecule has 0 aromatic heterocycles. The lowest BCUT2D eigenvalue weighted by molar-refractivity contribution is 0.0949. The van der Waals surface area contributed by atoms with Crippen LogP contribution in [0.5, 0.6) is 5.75 Å². The molecule has 1 unspecified atom stereocenters. The van der Waals surface area contributed by atoms with Crippen molar-refractivity contribution in [2.45, 2.75) is 18.9 Å². The van der Waals surface area contributed by atoms with Gasteiger partial charge in [0.15, 0.2) is 11.8 Å². The second kappa shape index (κ2) is 3.81. The van der Waals surface area contributed by atoms with Gasteiger partial charge >= 0.3 is 0 Å². The second-order valence-corrected chi connectivity index (χ2v) is 3.55. The molecule has 0 heterocycles. The molecule has 0 saturated carbocycles. The van der Waals surface area contributed by atoms with Crippen LogP contribution in [0.25, 0.3) is 0 Å². The minimum absolute atomic E-state index is 0.172. The van der Waals surface area contributed by atoms with Gasteiger partial charge in [-0.2, -0.15) is 4.91 Å². The molecular formula is C11H11NO3. The summed E-state index contributed by atoms with van der Waals surface area (Å²) in [6.45, 7) is 0. The van der Waals surface area contributed by atoms with E-state index in [1.807, 2.05) is 6.07 Å². The summed E-state index contributed by atoms with van der Waals surface area (Å²) in [5, 5.41) is 2.84. The molecule has 0 saturated heterocycles. The Labute approximate surface area is 87.2 Å². The van der Waals surface area contributed by atoms with Gasteiger partial charge in [0.2, 0.25) is 0 Å². The van der Waals surface area contributed by atoms with Gasteiger partial charge in [-0.05, 0) is 36.6 Å². The lowest BCUT2D eigenvalue weighted by Crippen LogP contribution is -2.25. The Hall–Kier alpha value is -1.71. The number of fused-ring (bicyclic) bond motifs is 1. The summed E-state index contributed by atoms with van der Waals surface area (Å²) in [6.07, 6.45) is 1.21. The van der Waals surface area contributed by atoms with Gasteiger partial charge in [-0.3, -0.25) is 4.79 Å². The van der Waals surface area contributed by atoms with Crippen LogP contribution in [-0.4, -0.2) is 18.9 Å². The Morgan fingerprint density at radius 3 is 2.93 bits per heavy atom. The molecule has 0 fully saturated rings. The van der Waals surface area contributed by atoms with Gasteiger partial charge < -0.3 is 4.74 Å². The highest BCUT2D eigenvalue weighted by Crippen LogP contribution is 2.26. The van der Waals surface area contributed by atoms with Crippen molar-refractivity contribution < 1.29 is 9.53 Å². The number of Topliss-reactive ketones (excluding diaryl/α,β-unsaturated/α-hetero) is 1. The smallest absolute Gasteiger partial charge is 0.191 e. The predicted molar refractivity (Wildman–Crippen MR) is 55.2 cm³/mol. The molecule has 15 heavy (non-hydrogen) atoms. The van der Waals surface area contributed by atoms with Crippen LogP contribution in [0.3, 0.4) is 0 Å². The normalized spacial score (nSPS) is 19.5. The molecule has 0 aliphatic heterocycles. The van der Waals surface area contributed by atoms with E-state index in [1.54, 1.807) is 19.2 Å². The summed E-state index contributed by atoms with van der Waals surface area (Å²) >= 11 is 0. The average molecular weight is 205 g/mol. The fourth-order valence-corrected chi connectivity index (χ4v) is 1.85. The molecule has 0 radical (unpaired) electrons. The molecule has 1 aromatic rings. The highest BCUT2D eigenvalue weighted by atomic mass is 16.5. The van der Waals surface area contributed by atoms with E-state index in [2.05, 4.69) is 5.18 Å². The summed E-state index contributed by atoms with van der Waals surface area (Å²) in [5.74, 6) is 0.563. The zero-order chi connectivity index (χ0) is 10.8. The van der Waals surface area contributed by atoms with Gasteiger partial charge in [0.1, 0.15) is 5.75 Å². The predicted octanol–water partition coefficient (Wildman–Crippen LogP) is 1.96. The minimum atomic E-state index is -0.703. The highest BCUT2D eigenvalue weighted by Gasteiger charge is 2.28. The summed E-state index contributed by atoms with van der Waals surface area (Å²) in [4.78, 5) is 22.1. The van der Waals surface area contributed by atoms with Gasteiger partial charge in [0, 0.05) is 5.56 Å². The molecule has 1 aromatic carbocycles. The van der Waals surface area contributed by atoms with E-state index in [-0.39, 0.29) is 5.78 Å². The number of hydrogen-bond acceptors (Lipinski definition) is 4. The standard InChI is InChI=1S/C11H11NO3/c1-15-8-3-4-9-7(6-8)2-5-10(12-14)11(9)13/h3-4,6,10H,2,5H2,1H3. The first-order chi connectivity index (χ1) is 7.26. The molecule has 0 N–H and O–H groups in total. The number of methoxy groups -OCH3 is 1. The number of rotatable bonds is 2. The maximum atomic E-state index is 11.7. The third-order valence-electron chi connectivity index (χ3n) is 2.69. The first-order valence-corrected chi connectivity index (χ1v) is 4.80. The zero-order valence-electron chi connectivity index (χ0n) is 8.40. The second-order valence-electron chi connectivity index (χ2n) is 3.55. The number of nitrogens with zero attached hydrogens (tertiary/aromatic N) is 1. The van der Waals surface area contributed by atoms with Crippen LogP contribution in [0.4, 0.5) is 0 Å². The first-order valence-electron chi connectivity index (χ1n) is 4.80. The number of carbonyl (C=O) groups excluding carboxylic acids is 1. The van der Waals surface area contributed by atoms with Crippen molar-refractivity contribution in [2.24, 2.45) is 5.18 Å². The largest absolute Gasteiger partial charge is 0.497 e. The Morgan fingerprint density at radius 2 is 2.27 bits per heavy atom. The molecule has 1 aliphatic rings. The van der Waals surface area contributed by atoms with Crippen molar-refractivity contribution in [3.63, 3.8) is 0 Å². The summed E-state index contributed by atoms with van der Waals surface area (Å²) < 4.78 is 5.07. The van der Waals surface area contributed by atoms with Crippen molar-refractivity contribution in [2.75, 3.05) is 7.11 Å². The fraction of sp³-hybridized carbons (Fsp3) is 0.364. The van der Waals surface area contributed by atoms with Gasteiger partial charge in [-0.15, -0.1) is 0 Å². The number of benzene rings is 1. The van der Waals surface area contributed by atoms with Crippen LogP contribution in [0.2, 0.25) is 0 Å². The lowest BCUT2D eigenvalue weighted by atomic mass is 9.87. The first kappa shape index (κ1) is 9.83. The molecule has 2 rings (SSSR count). The number of ether oxygens (including phenoxy) is 1. The molecule has 0 amide bonds. The van der Waals surface area contributed by atoms with Crippen molar-refractivity contribution in [1.29, 1.82) is 0 Å². The van der Waals surface area contributed by atoms with Crippen LogP contribution in [0.1, 0.15) is 22.3 Å². The molecule has 4 nitrogen and oxygen atoms in total. The van der Waals surface area contributed by atoms with E-state index < -0.39 is 6.04 Å². The van der Waals surface area contributed by atoms with E-state index in [0.717, 1.165) is 11.3 Å². The number of carbonyl (C=O) groups is 1. The van der Waals surface area contributed by atoms with Crippen molar-refractivity contribution in [3.8, 4) is 5.75 Å². The van der Waals surface area contributed by atoms with Gasteiger partial charge in [-0.25, -0.2) is 0 Å². The number of hydrogen-bond donors (Lipinski definition) is 0. The molecule has 1 atom stereocenters. The van der Waals surface area contributed by atoms with E-state index in [1.165, 1.54) is 0 Å². The molecule has 78 valence electrons. The van der Waals surface area contributed by atoms with Crippen LogP contribution >= 0.6 is 0 Å².